The minimum atomic E-state index is -4.45. The quantitative estimate of drug-likeness (QED) is 0.284. The molecule has 1 aliphatic rings. The predicted molar refractivity (Wildman–Crippen MR) is 143 cm³/mol. The Hall–Kier alpha value is -3.56. The fourth-order valence-electron chi connectivity index (χ4n) is 4.73. The number of pyridine rings is 1. The van der Waals surface area contributed by atoms with Gasteiger partial charge in [-0.3, -0.25) is 14.7 Å². The summed E-state index contributed by atoms with van der Waals surface area (Å²) in [4.78, 5) is 24.7. The number of benzene rings is 2. The molecule has 38 heavy (non-hydrogen) atoms. The van der Waals surface area contributed by atoms with Crippen molar-refractivity contribution in [3.05, 3.63) is 99.8 Å². The molecule has 0 saturated carbocycles. The van der Waals surface area contributed by atoms with Gasteiger partial charge in [0.25, 0.3) is 5.91 Å². The number of halogens is 3. The van der Waals surface area contributed by atoms with Crippen LogP contribution in [0, 0.1) is 6.92 Å². The first-order valence-corrected chi connectivity index (χ1v) is 13.3. The highest BCUT2D eigenvalue weighted by molar-refractivity contribution is 7.10. The van der Waals surface area contributed by atoms with E-state index in [2.05, 4.69) is 26.3 Å². The number of aryl methyl sites for hydroxylation is 1. The van der Waals surface area contributed by atoms with Gasteiger partial charge in [-0.1, -0.05) is 36.4 Å². The van der Waals surface area contributed by atoms with Crippen LogP contribution in [0.3, 0.4) is 0 Å². The molecule has 4 aromatic rings. The van der Waals surface area contributed by atoms with E-state index in [9.17, 15) is 18.0 Å². The van der Waals surface area contributed by atoms with Crippen molar-refractivity contribution in [1.82, 2.24) is 14.9 Å². The number of para-hydroxylation sites is 1. The van der Waals surface area contributed by atoms with Gasteiger partial charge < -0.3 is 5.32 Å². The topological polar surface area (TPSA) is 58.1 Å². The minimum Gasteiger partial charge on any atom is -0.320 e. The molecule has 1 aliphatic heterocycles. The number of hydrogen-bond donors (Lipinski definition) is 1. The van der Waals surface area contributed by atoms with Crippen LogP contribution in [0.15, 0.2) is 72.1 Å². The van der Waals surface area contributed by atoms with Crippen LogP contribution in [-0.2, 0) is 12.7 Å². The van der Waals surface area contributed by atoms with Crippen molar-refractivity contribution < 1.29 is 18.0 Å². The van der Waals surface area contributed by atoms with Gasteiger partial charge in [-0.25, -0.2) is 4.98 Å². The molecule has 5 rings (SSSR count). The van der Waals surface area contributed by atoms with Crippen LogP contribution >= 0.6 is 11.3 Å². The first-order chi connectivity index (χ1) is 18.3. The zero-order valence-electron chi connectivity index (χ0n) is 20.8. The second-order valence-electron chi connectivity index (χ2n) is 9.47. The van der Waals surface area contributed by atoms with Crippen LogP contribution in [0.25, 0.3) is 11.1 Å². The van der Waals surface area contributed by atoms with Gasteiger partial charge in [-0.2, -0.15) is 13.2 Å². The summed E-state index contributed by atoms with van der Waals surface area (Å²) in [5, 5.41) is 5.54. The summed E-state index contributed by atoms with van der Waals surface area (Å²) in [6.45, 7) is 4.69. The lowest BCUT2D eigenvalue weighted by atomic mass is 9.97. The second kappa shape index (κ2) is 11.0. The van der Waals surface area contributed by atoms with Crippen molar-refractivity contribution in [2.45, 2.75) is 38.4 Å². The lowest BCUT2D eigenvalue weighted by Gasteiger charge is -2.30. The fourth-order valence-corrected chi connectivity index (χ4v) is 5.70. The van der Waals surface area contributed by atoms with Gasteiger partial charge >= 0.3 is 6.18 Å². The van der Waals surface area contributed by atoms with Crippen LogP contribution in [0.1, 0.15) is 51.2 Å². The molecule has 1 amide bonds. The smallest absolute Gasteiger partial charge is 0.320 e. The predicted octanol–water partition coefficient (Wildman–Crippen LogP) is 7.16. The average molecular weight is 537 g/mol. The third kappa shape index (κ3) is 6.11. The van der Waals surface area contributed by atoms with E-state index >= 15 is 0 Å². The highest BCUT2D eigenvalue weighted by Gasteiger charge is 2.30. The Kier molecular flexibility index (Phi) is 7.58. The summed E-state index contributed by atoms with van der Waals surface area (Å²) >= 11 is 1.48. The van der Waals surface area contributed by atoms with Crippen molar-refractivity contribution in [2.24, 2.45) is 0 Å². The maximum atomic E-state index is 13.2. The molecule has 0 radical (unpaired) electrons. The maximum absolute atomic E-state index is 13.2. The highest BCUT2D eigenvalue weighted by atomic mass is 32.1. The van der Waals surface area contributed by atoms with Crippen molar-refractivity contribution >= 4 is 22.9 Å². The van der Waals surface area contributed by atoms with E-state index in [0.717, 1.165) is 61.0 Å². The number of anilines is 1. The van der Waals surface area contributed by atoms with Crippen LogP contribution in [0.2, 0.25) is 0 Å². The van der Waals surface area contributed by atoms with Crippen molar-refractivity contribution in [3.8, 4) is 11.1 Å². The molecule has 0 atom stereocenters. The van der Waals surface area contributed by atoms with Gasteiger partial charge in [0, 0.05) is 34.8 Å². The summed E-state index contributed by atoms with van der Waals surface area (Å²) in [6.07, 6.45) is -2.53. The molecule has 3 heterocycles. The van der Waals surface area contributed by atoms with Gasteiger partial charge in [-0.05, 0) is 68.8 Å². The minimum absolute atomic E-state index is 0.292. The van der Waals surface area contributed by atoms with Gasteiger partial charge in [0.05, 0.1) is 16.3 Å². The van der Waals surface area contributed by atoms with Crippen molar-refractivity contribution in [1.29, 1.82) is 0 Å². The van der Waals surface area contributed by atoms with Gasteiger partial charge in [0.15, 0.2) is 0 Å². The molecule has 0 bridgehead atoms. The Labute approximate surface area is 223 Å². The van der Waals surface area contributed by atoms with E-state index in [1.165, 1.54) is 17.4 Å². The van der Waals surface area contributed by atoms with E-state index in [0.29, 0.717) is 28.4 Å². The number of amides is 1. The monoisotopic (exact) mass is 536 g/mol. The largest absolute Gasteiger partial charge is 0.416 e. The zero-order chi connectivity index (χ0) is 26.7. The molecule has 2 aromatic heterocycles. The Morgan fingerprint density at radius 1 is 1.03 bits per heavy atom. The molecule has 0 aliphatic carbocycles. The molecule has 1 saturated heterocycles. The summed E-state index contributed by atoms with van der Waals surface area (Å²) in [7, 11) is 0. The van der Waals surface area contributed by atoms with Crippen molar-refractivity contribution in [3.63, 3.8) is 0 Å². The molecular weight excluding hydrogens is 509 g/mol. The molecule has 0 unspecified atom stereocenters. The third-order valence-corrected chi connectivity index (χ3v) is 7.71. The average Bonchev–Trinajstić information content (AvgIpc) is 3.40. The van der Waals surface area contributed by atoms with Crippen LogP contribution < -0.4 is 5.32 Å². The molecule has 1 N–H and O–H groups in total. The number of nitrogens with one attached hydrogen (secondary N) is 1. The number of alkyl halides is 3. The van der Waals surface area contributed by atoms with Crippen LogP contribution in [0.4, 0.5) is 18.9 Å². The Morgan fingerprint density at radius 3 is 2.55 bits per heavy atom. The Bertz CT molecular complexity index is 1430. The van der Waals surface area contributed by atoms with E-state index in [4.69, 9.17) is 0 Å². The summed E-state index contributed by atoms with van der Waals surface area (Å²) in [5.41, 5.74) is 2.99. The second-order valence-corrected chi connectivity index (χ2v) is 10.4. The van der Waals surface area contributed by atoms with E-state index in [1.807, 2.05) is 19.1 Å². The van der Waals surface area contributed by atoms with Crippen LogP contribution in [0.5, 0.6) is 0 Å². The molecule has 9 heteroatoms. The zero-order valence-corrected chi connectivity index (χ0v) is 21.6. The van der Waals surface area contributed by atoms with E-state index in [1.54, 1.807) is 35.7 Å². The summed E-state index contributed by atoms with van der Waals surface area (Å²) < 4.78 is 39.7. The van der Waals surface area contributed by atoms with Crippen molar-refractivity contribution in [2.75, 3.05) is 18.4 Å². The summed E-state index contributed by atoms with van der Waals surface area (Å²) in [6, 6.07) is 18.0. The number of rotatable bonds is 6. The Morgan fingerprint density at radius 2 is 1.79 bits per heavy atom. The standard InChI is InChI=1S/C29H27F3N4OS/c1-19-6-4-9-23(33-19)17-36-14-12-20(13-15-36)28-35-26(18-38-28)27(37)34-25-11-3-2-10-24(25)21-7-5-8-22(16-21)29(30,31)32/h2-11,16,18,20H,12-15,17H2,1H3,(H,34,37). The molecule has 196 valence electrons. The fraction of sp³-hybridized carbons (Fsp3) is 0.276. The van der Waals surface area contributed by atoms with Gasteiger partial charge in [0.1, 0.15) is 5.69 Å². The summed E-state index contributed by atoms with van der Waals surface area (Å²) in [5.74, 6) is -0.0875. The maximum Gasteiger partial charge on any atom is 0.416 e. The molecule has 0 spiro atoms. The lowest BCUT2D eigenvalue weighted by molar-refractivity contribution is -0.137. The van der Waals surface area contributed by atoms with Gasteiger partial charge in [-0.15, -0.1) is 11.3 Å². The number of nitrogens with zero attached hydrogens (tertiary/aromatic N) is 3. The van der Waals surface area contributed by atoms with Gasteiger partial charge in [0.2, 0.25) is 0 Å². The van der Waals surface area contributed by atoms with E-state index in [-0.39, 0.29) is 5.91 Å². The normalized spacial score (nSPS) is 14.9. The molecule has 1 fully saturated rings. The first kappa shape index (κ1) is 26.1. The van der Waals surface area contributed by atoms with E-state index < -0.39 is 11.7 Å². The first-order valence-electron chi connectivity index (χ1n) is 12.4. The number of likely N-dealkylation sites (tertiary alicyclic amines) is 1. The highest BCUT2D eigenvalue weighted by Crippen LogP contribution is 2.35. The number of aromatic nitrogens is 2. The number of carbonyl (C=O) groups excluding carboxylic acids is 1. The number of carbonyl (C=O) groups is 1. The Balaban J connectivity index is 1.24. The number of thiazole rings is 1. The lowest BCUT2D eigenvalue weighted by Crippen LogP contribution is -2.32. The molecule has 2 aromatic carbocycles. The SMILES string of the molecule is Cc1cccc(CN2CCC(c3nc(C(=O)Nc4ccccc4-c4cccc(C(F)(F)F)c4)cs3)CC2)n1. The number of hydrogen-bond acceptors (Lipinski definition) is 5. The van der Waals surface area contributed by atoms with Crippen LogP contribution in [-0.4, -0.2) is 33.9 Å². The third-order valence-electron chi connectivity index (χ3n) is 6.70. The molecular formula is C29H27F3N4OS. The number of piperidine rings is 1. The molecule has 5 nitrogen and oxygen atoms in total.